The molecule has 0 aliphatic carbocycles. The summed E-state index contributed by atoms with van der Waals surface area (Å²) in [5.41, 5.74) is 1.77. The van der Waals surface area contributed by atoms with Gasteiger partial charge in [0.15, 0.2) is 5.78 Å². The SMILES string of the molecule is CCc1ccc(C(=O)C(C)S(=O)c2cccc(Cl)c2)cc1. The van der Waals surface area contributed by atoms with E-state index in [0.717, 1.165) is 6.42 Å². The van der Waals surface area contributed by atoms with Crippen molar-refractivity contribution in [2.24, 2.45) is 0 Å². The predicted molar refractivity (Wildman–Crippen MR) is 87.5 cm³/mol. The highest BCUT2D eigenvalue weighted by Gasteiger charge is 2.22. The number of benzene rings is 2. The maximum absolute atomic E-state index is 12.5. The van der Waals surface area contributed by atoms with Crippen LogP contribution in [0.15, 0.2) is 53.4 Å². The minimum Gasteiger partial charge on any atom is -0.293 e. The fourth-order valence-corrected chi connectivity index (χ4v) is 3.48. The smallest absolute Gasteiger partial charge is 0.178 e. The second-order valence-electron chi connectivity index (χ2n) is 4.81. The van der Waals surface area contributed by atoms with Crippen LogP contribution in [0.25, 0.3) is 0 Å². The lowest BCUT2D eigenvalue weighted by Gasteiger charge is -2.11. The third kappa shape index (κ3) is 3.80. The lowest BCUT2D eigenvalue weighted by atomic mass is 10.1. The fraction of sp³-hybridized carbons (Fsp3) is 0.235. The molecule has 2 aromatic rings. The Kier molecular flexibility index (Phi) is 5.32. The van der Waals surface area contributed by atoms with E-state index in [-0.39, 0.29) is 5.78 Å². The van der Waals surface area contributed by atoms with Gasteiger partial charge in [0, 0.05) is 15.5 Å². The lowest BCUT2D eigenvalue weighted by molar-refractivity contribution is 0.0992. The van der Waals surface area contributed by atoms with E-state index in [0.29, 0.717) is 15.5 Å². The molecule has 0 aliphatic heterocycles. The highest BCUT2D eigenvalue weighted by atomic mass is 35.5. The third-order valence-electron chi connectivity index (χ3n) is 3.37. The molecule has 0 spiro atoms. The zero-order chi connectivity index (χ0) is 15.4. The molecule has 0 heterocycles. The number of hydrogen-bond donors (Lipinski definition) is 0. The first-order valence-electron chi connectivity index (χ1n) is 6.82. The molecule has 0 saturated carbocycles. The first-order chi connectivity index (χ1) is 10.0. The van der Waals surface area contributed by atoms with Gasteiger partial charge in [-0.3, -0.25) is 9.00 Å². The van der Waals surface area contributed by atoms with E-state index in [1.807, 2.05) is 12.1 Å². The highest BCUT2D eigenvalue weighted by molar-refractivity contribution is 7.86. The number of aryl methyl sites for hydroxylation is 1. The van der Waals surface area contributed by atoms with Gasteiger partial charge in [-0.1, -0.05) is 48.9 Å². The molecule has 110 valence electrons. The number of ketones is 1. The average Bonchev–Trinajstić information content (AvgIpc) is 2.53. The second-order valence-corrected chi connectivity index (χ2v) is 7.02. The van der Waals surface area contributed by atoms with E-state index < -0.39 is 16.0 Å². The number of carbonyl (C=O) groups is 1. The van der Waals surface area contributed by atoms with Gasteiger partial charge >= 0.3 is 0 Å². The van der Waals surface area contributed by atoms with Crippen molar-refractivity contribution in [3.05, 3.63) is 64.7 Å². The van der Waals surface area contributed by atoms with Gasteiger partial charge in [0.2, 0.25) is 0 Å². The molecule has 0 radical (unpaired) electrons. The van der Waals surface area contributed by atoms with Crippen molar-refractivity contribution in [2.75, 3.05) is 0 Å². The Morgan fingerprint density at radius 1 is 1.19 bits per heavy atom. The zero-order valence-corrected chi connectivity index (χ0v) is 13.6. The summed E-state index contributed by atoms with van der Waals surface area (Å²) in [5.74, 6) is -0.115. The minimum absolute atomic E-state index is 0.115. The van der Waals surface area contributed by atoms with Gasteiger partial charge in [-0.15, -0.1) is 0 Å². The van der Waals surface area contributed by atoms with Gasteiger partial charge in [0.1, 0.15) is 0 Å². The molecular formula is C17H17ClO2S. The molecule has 2 rings (SSSR count). The van der Waals surface area contributed by atoms with Crippen LogP contribution in [0.3, 0.4) is 0 Å². The topological polar surface area (TPSA) is 34.1 Å². The average molecular weight is 321 g/mol. The van der Waals surface area contributed by atoms with Crippen molar-refractivity contribution in [3.63, 3.8) is 0 Å². The highest BCUT2D eigenvalue weighted by Crippen LogP contribution is 2.19. The Labute approximate surface area is 132 Å². The number of carbonyl (C=O) groups excluding carboxylic acids is 1. The molecule has 0 saturated heterocycles. The summed E-state index contributed by atoms with van der Waals surface area (Å²) in [6.45, 7) is 3.75. The Morgan fingerprint density at radius 3 is 2.43 bits per heavy atom. The molecule has 2 nitrogen and oxygen atoms in total. The van der Waals surface area contributed by atoms with E-state index in [9.17, 15) is 9.00 Å². The van der Waals surface area contributed by atoms with Crippen molar-refractivity contribution in [1.29, 1.82) is 0 Å². The van der Waals surface area contributed by atoms with Crippen LogP contribution in [-0.2, 0) is 17.2 Å². The molecule has 0 bridgehead atoms. The quantitative estimate of drug-likeness (QED) is 0.770. The van der Waals surface area contributed by atoms with Gasteiger partial charge in [-0.25, -0.2) is 0 Å². The summed E-state index contributed by atoms with van der Waals surface area (Å²) in [6, 6.07) is 14.3. The molecule has 2 atom stereocenters. The largest absolute Gasteiger partial charge is 0.293 e. The summed E-state index contributed by atoms with van der Waals surface area (Å²) in [7, 11) is -1.41. The van der Waals surface area contributed by atoms with Crippen molar-refractivity contribution in [3.8, 4) is 0 Å². The van der Waals surface area contributed by atoms with Crippen LogP contribution < -0.4 is 0 Å². The van der Waals surface area contributed by atoms with Crippen molar-refractivity contribution < 1.29 is 9.00 Å². The maximum atomic E-state index is 12.5. The molecule has 0 aliphatic rings. The van der Waals surface area contributed by atoms with Crippen LogP contribution in [0, 0.1) is 0 Å². The Balaban J connectivity index is 2.20. The normalized spacial score (nSPS) is 13.7. The molecule has 0 aromatic heterocycles. The molecule has 2 aromatic carbocycles. The van der Waals surface area contributed by atoms with Gasteiger partial charge in [-0.2, -0.15) is 0 Å². The monoisotopic (exact) mass is 320 g/mol. The molecule has 4 heteroatoms. The third-order valence-corrected chi connectivity index (χ3v) is 5.18. The van der Waals surface area contributed by atoms with E-state index >= 15 is 0 Å². The summed E-state index contributed by atoms with van der Waals surface area (Å²) >= 11 is 5.90. The summed E-state index contributed by atoms with van der Waals surface area (Å²) in [6.07, 6.45) is 0.929. The number of halogens is 1. The lowest BCUT2D eigenvalue weighted by Crippen LogP contribution is -2.22. The summed E-state index contributed by atoms with van der Waals surface area (Å²) in [5, 5.41) is -0.0799. The Hall–Kier alpha value is -1.45. The van der Waals surface area contributed by atoms with Crippen LogP contribution in [0.4, 0.5) is 0 Å². The first kappa shape index (κ1) is 15.9. The molecule has 0 fully saturated rings. The van der Waals surface area contributed by atoms with E-state index in [2.05, 4.69) is 6.92 Å². The van der Waals surface area contributed by atoms with Gasteiger partial charge in [-0.05, 0) is 37.1 Å². The molecular weight excluding hydrogens is 304 g/mol. The van der Waals surface area contributed by atoms with Crippen LogP contribution in [0.1, 0.15) is 29.8 Å². The number of rotatable bonds is 5. The standard InChI is InChI=1S/C17H17ClO2S/c1-3-13-7-9-14(10-8-13)17(19)12(2)21(20)16-6-4-5-15(18)11-16/h4-12H,3H2,1-2H3. The van der Waals surface area contributed by atoms with Gasteiger partial charge < -0.3 is 0 Å². The predicted octanol–water partition coefficient (Wildman–Crippen LogP) is 4.28. The van der Waals surface area contributed by atoms with Crippen LogP contribution in [-0.4, -0.2) is 15.2 Å². The van der Waals surface area contributed by atoms with Crippen molar-refractivity contribution >= 4 is 28.2 Å². The Bertz CT molecular complexity index is 665. The van der Waals surface area contributed by atoms with E-state index in [4.69, 9.17) is 11.6 Å². The van der Waals surface area contributed by atoms with E-state index in [1.165, 1.54) is 5.56 Å². The van der Waals surface area contributed by atoms with Crippen LogP contribution in [0.5, 0.6) is 0 Å². The molecule has 0 amide bonds. The number of hydrogen-bond acceptors (Lipinski definition) is 2. The first-order valence-corrected chi connectivity index (χ1v) is 8.41. The summed E-state index contributed by atoms with van der Waals surface area (Å²) < 4.78 is 12.5. The Morgan fingerprint density at radius 2 is 1.86 bits per heavy atom. The van der Waals surface area contributed by atoms with E-state index in [1.54, 1.807) is 43.3 Å². The van der Waals surface area contributed by atoms with Gasteiger partial charge in [0.25, 0.3) is 0 Å². The van der Waals surface area contributed by atoms with Crippen LogP contribution >= 0.6 is 11.6 Å². The van der Waals surface area contributed by atoms with Crippen molar-refractivity contribution in [2.45, 2.75) is 30.4 Å². The minimum atomic E-state index is -1.41. The molecule has 21 heavy (non-hydrogen) atoms. The second kappa shape index (κ2) is 7.01. The summed E-state index contributed by atoms with van der Waals surface area (Å²) in [4.78, 5) is 13.0. The van der Waals surface area contributed by atoms with Gasteiger partial charge in [0.05, 0.1) is 16.0 Å². The number of Topliss-reactive ketones (excluding diaryl/α,β-unsaturated/α-hetero) is 1. The molecule has 2 unspecified atom stereocenters. The van der Waals surface area contributed by atoms with Crippen LogP contribution in [0.2, 0.25) is 5.02 Å². The zero-order valence-electron chi connectivity index (χ0n) is 12.0. The molecule has 0 N–H and O–H groups in total. The van der Waals surface area contributed by atoms with Crippen molar-refractivity contribution in [1.82, 2.24) is 0 Å². The fourth-order valence-electron chi connectivity index (χ4n) is 2.03. The maximum Gasteiger partial charge on any atom is 0.178 e.